The highest BCUT2D eigenvalue weighted by atomic mass is 35.5. The van der Waals surface area contributed by atoms with Crippen molar-refractivity contribution >= 4 is 52.1 Å². The number of nitrogens with zero attached hydrogens (tertiary/aromatic N) is 2. The fraction of sp³-hybridized carbons (Fsp3) is 0.207. The van der Waals surface area contributed by atoms with Gasteiger partial charge >= 0.3 is 0 Å². The Morgan fingerprint density at radius 1 is 1.11 bits per heavy atom. The monoisotopic (exact) mass is 564 g/mol. The van der Waals surface area contributed by atoms with Crippen LogP contribution in [-0.4, -0.2) is 27.4 Å². The maximum Gasteiger partial charge on any atom is 0.226 e. The average Bonchev–Trinajstić information content (AvgIpc) is 3.52. The fourth-order valence-electron chi connectivity index (χ4n) is 4.69. The van der Waals surface area contributed by atoms with E-state index in [0.717, 1.165) is 28.9 Å². The topological polar surface area (TPSA) is 70.4 Å². The van der Waals surface area contributed by atoms with E-state index in [0.29, 0.717) is 33.2 Å². The van der Waals surface area contributed by atoms with Gasteiger partial charge in [0.15, 0.2) is 5.11 Å². The number of amides is 1. The second kappa shape index (κ2) is 11.6. The molecule has 5 rings (SSSR count). The zero-order valence-electron chi connectivity index (χ0n) is 20.7. The van der Waals surface area contributed by atoms with Crippen molar-refractivity contribution in [1.82, 2.24) is 15.2 Å². The van der Waals surface area contributed by atoms with Crippen LogP contribution >= 0.6 is 35.4 Å². The lowest BCUT2D eigenvalue weighted by Crippen LogP contribution is -2.32. The van der Waals surface area contributed by atoms with Crippen molar-refractivity contribution in [1.29, 1.82) is 0 Å². The molecule has 0 unspecified atom stereocenters. The van der Waals surface area contributed by atoms with Gasteiger partial charge in [0.05, 0.1) is 16.8 Å². The number of aryl methyl sites for hydroxylation is 1. The van der Waals surface area contributed by atoms with Gasteiger partial charge in [0.1, 0.15) is 17.6 Å². The van der Waals surface area contributed by atoms with E-state index in [1.165, 1.54) is 0 Å². The Kier molecular flexibility index (Phi) is 7.98. The van der Waals surface area contributed by atoms with Crippen molar-refractivity contribution in [2.45, 2.75) is 31.8 Å². The number of benzene rings is 2. The van der Waals surface area contributed by atoms with Crippen LogP contribution in [-0.2, 0) is 11.2 Å². The van der Waals surface area contributed by atoms with Gasteiger partial charge in [-0.2, -0.15) is 0 Å². The minimum atomic E-state index is -0.312. The van der Waals surface area contributed by atoms with E-state index in [4.69, 9.17) is 39.8 Å². The molecule has 2 aromatic heterocycles. The third kappa shape index (κ3) is 5.55. The first kappa shape index (κ1) is 26.2. The first-order valence-electron chi connectivity index (χ1n) is 12.4. The summed E-state index contributed by atoms with van der Waals surface area (Å²) < 4.78 is 6.34. The summed E-state index contributed by atoms with van der Waals surface area (Å²) >= 11 is 18.2. The highest BCUT2D eigenvalue weighted by Gasteiger charge is 2.41. The van der Waals surface area contributed by atoms with Gasteiger partial charge in [-0.1, -0.05) is 54.4 Å². The van der Waals surface area contributed by atoms with Gasteiger partial charge in [-0.3, -0.25) is 9.78 Å². The Bertz CT molecular complexity index is 1460. The number of halogens is 2. The first-order chi connectivity index (χ1) is 18.4. The third-order valence-electron chi connectivity index (χ3n) is 6.56. The number of nitrogens with one attached hydrogen (secondary N) is 2. The van der Waals surface area contributed by atoms with Crippen LogP contribution in [0.15, 0.2) is 83.4 Å². The molecule has 1 fully saturated rings. The number of aromatic nitrogens is 1. The van der Waals surface area contributed by atoms with Crippen molar-refractivity contribution in [3.8, 4) is 11.3 Å². The molecule has 1 aliphatic rings. The molecule has 0 spiro atoms. The SMILES string of the molecule is CCc1ccccc1NC(=O)CCN1C(=S)N[C@@H](c2ccccn2)[C@@H]1c1ccc(-c2ccc(Cl)cc2Cl)o1. The highest BCUT2D eigenvalue weighted by molar-refractivity contribution is 7.80. The van der Waals surface area contributed by atoms with Crippen LogP contribution in [0.4, 0.5) is 5.69 Å². The van der Waals surface area contributed by atoms with Gasteiger partial charge < -0.3 is 20.0 Å². The Labute approximate surface area is 237 Å². The summed E-state index contributed by atoms with van der Waals surface area (Å²) in [5.74, 6) is 1.22. The molecule has 4 aromatic rings. The molecule has 0 saturated carbocycles. The van der Waals surface area contributed by atoms with Gasteiger partial charge in [-0.25, -0.2) is 0 Å². The van der Waals surface area contributed by atoms with Crippen LogP contribution in [0.25, 0.3) is 11.3 Å². The number of carbonyl (C=O) groups excluding carboxylic acids is 1. The second-order valence-corrected chi connectivity index (χ2v) is 10.2. The number of carbonyl (C=O) groups is 1. The summed E-state index contributed by atoms with van der Waals surface area (Å²) in [6, 6.07) is 22.1. The molecular formula is C29H26Cl2N4O2S. The average molecular weight is 566 g/mol. The van der Waals surface area contributed by atoms with Gasteiger partial charge in [0.25, 0.3) is 0 Å². The Balaban J connectivity index is 1.41. The van der Waals surface area contributed by atoms with Crippen LogP contribution in [0.2, 0.25) is 10.0 Å². The molecular weight excluding hydrogens is 539 g/mol. The molecule has 38 heavy (non-hydrogen) atoms. The van der Waals surface area contributed by atoms with Crippen molar-refractivity contribution in [3.05, 3.63) is 106 Å². The number of thiocarbonyl (C=S) groups is 1. The fourth-order valence-corrected chi connectivity index (χ4v) is 5.52. The minimum absolute atomic E-state index is 0.0817. The molecule has 0 radical (unpaired) electrons. The van der Waals surface area contributed by atoms with Crippen LogP contribution in [0.1, 0.15) is 42.4 Å². The summed E-state index contributed by atoms with van der Waals surface area (Å²) in [4.78, 5) is 19.5. The molecule has 1 amide bonds. The minimum Gasteiger partial charge on any atom is -0.459 e. The quantitative estimate of drug-likeness (QED) is 0.220. The van der Waals surface area contributed by atoms with Gasteiger partial charge in [-0.15, -0.1) is 0 Å². The summed E-state index contributed by atoms with van der Waals surface area (Å²) in [7, 11) is 0. The Morgan fingerprint density at radius 2 is 1.92 bits per heavy atom. The van der Waals surface area contributed by atoms with Crippen molar-refractivity contribution in [3.63, 3.8) is 0 Å². The lowest BCUT2D eigenvalue weighted by Gasteiger charge is -2.26. The number of anilines is 1. The number of furan rings is 1. The van der Waals surface area contributed by atoms with Crippen molar-refractivity contribution in [2.24, 2.45) is 0 Å². The molecule has 1 aliphatic heterocycles. The number of rotatable bonds is 8. The Morgan fingerprint density at radius 3 is 2.68 bits per heavy atom. The first-order valence-corrected chi connectivity index (χ1v) is 13.5. The standard InChI is InChI=1S/C29H26Cl2N4O2S/c1-2-18-7-3-4-8-22(18)33-26(36)14-16-35-28(27(34-29(35)38)23-9-5-6-15-32-23)25-13-12-24(37-25)20-11-10-19(30)17-21(20)31/h3-13,15,17,27-28H,2,14,16H2,1H3,(H,33,36)(H,34,38)/t27-,28-/m0/s1. The molecule has 6 nitrogen and oxygen atoms in total. The maximum atomic E-state index is 12.9. The largest absolute Gasteiger partial charge is 0.459 e. The number of pyridine rings is 1. The molecule has 9 heteroatoms. The summed E-state index contributed by atoms with van der Waals surface area (Å²) in [5, 5.41) is 8.02. The van der Waals surface area contributed by atoms with Crippen LogP contribution < -0.4 is 10.6 Å². The van der Waals surface area contributed by atoms with E-state index in [1.54, 1.807) is 18.3 Å². The van der Waals surface area contributed by atoms with Crippen LogP contribution in [0, 0.1) is 0 Å². The zero-order chi connectivity index (χ0) is 26.6. The van der Waals surface area contributed by atoms with Crippen LogP contribution in [0.3, 0.4) is 0 Å². The molecule has 2 atom stereocenters. The lowest BCUT2D eigenvalue weighted by atomic mass is 10.0. The molecule has 1 saturated heterocycles. The molecule has 2 aromatic carbocycles. The smallest absolute Gasteiger partial charge is 0.226 e. The van der Waals surface area contributed by atoms with Crippen molar-refractivity contribution in [2.75, 3.05) is 11.9 Å². The third-order valence-corrected chi connectivity index (χ3v) is 7.46. The zero-order valence-corrected chi connectivity index (χ0v) is 23.0. The molecule has 0 aliphatic carbocycles. The van der Waals surface area contributed by atoms with E-state index >= 15 is 0 Å². The summed E-state index contributed by atoms with van der Waals surface area (Å²) in [5.41, 5.74) is 3.49. The van der Waals surface area contributed by atoms with E-state index < -0.39 is 0 Å². The highest BCUT2D eigenvalue weighted by Crippen LogP contribution is 2.41. The number of hydrogen-bond acceptors (Lipinski definition) is 4. The van der Waals surface area contributed by atoms with Gasteiger partial charge in [0.2, 0.25) is 5.91 Å². The predicted octanol–water partition coefficient (Wildman–Crippen LogP) is 7.21. The van der Waals surface area contributed by atoms with E-state index in [-0.39, 0.29) is 24.4 Å². The summed E-state index contributed by atoms with van der Waals surface area (Å²) in [6.07, 6.45) is 2.84. The number of para-hydroxylation sites is 1. The van der Waals surface area contributed by atoms with Crippen molar-refractivity contribution < 1.29 is 9.21 Å². The van der Waals surface area contributed by atoms with E-state index in [2.05, 4.69) is 22.5 Å². The molecule has 194 valence electrons. The second-order valence-electron chi connectivity index (χ2n) is 8.96. The normalized spacial score (nSPS) is 16.9. The lowest BCUT2D eigenvalue weighted by molar-refractivity contribution is -0.116. The van der Waals surface area contributed by atoms with E-state index in [9.17, 15) is 4.79 Å². The molecule has 0 bridgehead atoms. The molecule has 2 N–H and O–H groups in total. The Hall–Kier alpha value is -3.39. The van der Waals surface area contributed by atoms with Gasteiger partial charge in [0, 0.05) is 35.4 Å². The molecule has 3 heterocycles. The predicted molar refractivity (Wildman–Crippen MR) is 155 cm³/mol. The number of hydrogen-bond donors (Lipinski definition) is 2. The van der Waals surface area contributed by atoms with E-state index in [1.807, 2.05) is 65.6 Å². The summed E-state index contributed by atoms with van der Waals surface area (Å²) in [6.45, 7) is 2.47. The maximum absolute atomic E-state index is 12.9. The van der Waals surface area contributed by atoms with Crippen LogP contribution in [0.5, 0.6) is 0 Å². The van der Waals surface area contributed by atoms with Gasteiger partial charge in [-0.05, 0) is 72.7 Å².